The quantitative estimate of drug-likeness (QED) is 0.856. The highest BCUT2D eigenvalue weighted by Gasteiger charge is 2.37. The Kier molecular flexibility index (Phi) is 4.37. The van der Waals surface area contributed by atoms with Crippen molar-refractivity contribution in [2.75, 3.05) is 11.5 Å². The van der Waals surface area contributed by atoms with Gasteiger partial charge in [0, 0.05) is 0 Å². The fourth-order valence-electron chi connectivity index (χ4n) is 1.67. The van der Waals surface area contributed by atoms with E-state index in [4.69, 9.17) is 5.73 Å². The third-order valence-corrected chi connectivity index (χ3v) is 3.94. The minimum absolute atomic E-state index is 0.268. The van der Waals surface area contributed by atoms with Crippen LogP contribution in [0.1, 0.15) is 5.82 Å². The summed E-state index contributed by atoms with van der Waals surface area (Å²) in [5.74, 6) is -3.88. The van der Waals surface area contributed by atoms with Crippen LogP contribution in [0.2, 0.25) is 0 Å². The molecule has 0 radical (unpaired) electrons. The molecule has 0 saturated heterocycles. The molecule has 0 bridgehead atoms. The zero-order chi connectivity index (χ0) is 17.4. The average molecular weight is 358 g/mol. The highest BCUT2D eigenvalue weighted by atomic mass is 32.2. The molecule has 12 heteroatoms. The number of nitrogen functional groups attached to an aromatic ring is 1. The molecule has 1 heterocycles. The molecule has 0 saturated carbocycles. The Morgan fingerprint density at radius 3 is 2.26 bits per heavy atom. The first-order chi connectivity index (χ1) is 10.5. The summed E-state index contributed by atoms with van der Waals surface area (Å²) in [5, 5.41) is 3.13. The van der Waals surface area contributed by atoms with E-state index in [9.17, 15) is 30.6 Å². The van der Waals surface area contributed by atoms with Crippen molar-refractivity contribution in [1.82, 2.24) is 14.8 Å². The van der Waals surface area contributed by atoms with Crippen LogP contribution >= 0.6 is 0 Å². The summed E-state index contributed by atoms with van der Waals surface area (Å²) in [7, 11) is -2.54. The molecule has 2 rings (SSSR count). The Morgan fingerprint density at radius 2 is 1.74 bits per heavy atom. The molecule has 0 aliphatic heterocycles. The number of benzene rings is 1. The average Bonchev–Trinajstić information content (AvgIpc) is 2.79. The fraction of sp³-hybridized carbons (Fsp3) is 0.273. The summed E-state index contributed by atoms with van der Waals surface area (Å²) in [6, 6.07) is 4.86. The van der Waals surface area contributed by atoms with Crippen molar-refractivity contribution in [1.29, 1.82) is 0 Å². The Morgan fingerprint density at radius 1 is 1.13 bits per heavy atom. The lowest BCUT2D eigenvalue weighted by Crippen LogP contribution is -2.20. The van der Waals surface area contributed by atoms with E-state index >= 15 is 0 Å². The number of anilines is 1. The van der Waals surface area contributed by atoms with Crippen molar-refractivity contribution in [2.45, 2.75) is 17.2 Å². The molecule has 0 fully saturated rings. The second kappa shape index (κ2) is 5.83. The summed E-state index contributed by atoms with van der Waals surface area (Å²) in [4.78, 5) is 2.67. The van der Waals surface area contributed by atoms with Crippen molar-refractivity contribution in [2.24, 2.45) is 0 Å². The van der Waals surface area contributed by atoms with Crippen LogP contribution in [0, 0.1) is 0 Å². The lowest BCUT2D eigenvalue weighted by atomic mass is 10.3. The molecule has 5 nitrogen and oxygen atoms in total. The van der Waals surface area contributed by atoms with Crippen molar-refractivity contribution >= 4 is 16.7 Å². The number of para-hydroxylation sites is 1. The summed E-state index contributed by atoms with van der Waals surface area (Å²) in [5.41, 5.74) is 5.07. The maximum Gasteiger partial charge on any atom is 0.453 e. The number of alkyl halides is 6. The number of hydrogen-bond acceptors (Lipinski definition) is 4. The molecule has 1 atom stereocenters. The van der Waals surface area contributed by atoms with Gasteiger partial charge in [0.1, 0.15) is 5.75 Å². The summed E-state index contributed by atoms with van der Waals surface area (Å²) >= 11 is 0. The van der Waals surface area contributed by atoms with E-state index in [1.807, 2.05) is 0 Å². The molecule has 1 aromatic heterocycles. The second-order valence-corrected chi connectivity index (χ2v) is 5.70. The van der Waals surface area contributed by atoms with Crippen LogP contribution in [0.3, 0.4) is 0 Å². The molecular weight excluding hydrogens is 350 g/mol. The summed E-state index contributed by atoms with van der Waals surface area (Å²) in [6.45, 7) is 0. The molecule has 2 aromatic rings. The third kappa shape index (κ3) is 4.00. The van der Waals surface area contributed by atoms with Crippen LogP contribution in [-0.4, -0.2) is 30.9 Å². The van der Waals surface area contributed by atoms with E-state index in [2.05, 4.69) is 10.1 Å². The molecule has 2 N–H and O–H groups in total. The fourth-order valence-corrected chi connectivity index (χ4v) is 2.74. The first-order valence-electron chi connectivity index (χ1n) is 5.83. The molecular formula is C11H8F6N4OS. The highest BCUT2D eigenvalue weighted by molar-refractivity contribution is 7.85. The van der Waals surface area contributed by atoms with Gasteiger partial charge in [0.25, 0.3) is 5.82 Å². The lowest BCUT2D eigenvalue weighted by molar-refractivity contribution is -0.144. The summed E-state index contributed by atoms with van der Waals surface area (Å²) in [6.07, 6.45) is -9.58. The lowest BCUT2D eigenvalue weighted by Gasteiger charge is -2.11. The Hall–Kier alpha value is -2.11. The van der Waals surface area contributed by atoms with Crippen LogP contribution in [0.4, 0.5) is 32.3 Å². The van der Waals surface area contributed by atoms with Crippen molar-refractivity contribution < 1.29 is 30.6 Å². The van der Waals surface area contributed by atoms with Crippen LogP contribution in [0.25, 0.3) is 5.69 Å². The minimum atomic E-state index is -4.88. The second-order valence-electron chi connectivity index (χ2n) is 4.28. The van der Waals surface area contributed by atoms with Gasteiger partial charge >= 0.3 is 12.4 Å². The zero-order valence-electron chi connectivity index (χ0n) is 11.0. The standard InChI is InChI=1S/C11H8F6N4OS/c12-10(13,14)5-23(22)7-4-2-1-3-6(7)21-9(18)19-8(20-21)11(15,16)17/h1-4H,5H2,(H2,18,19,20). The highest BCUT2D eigenvalue weighted by Crippen LogP contribution is 2.29. The zero-order valence-corrected chi connectivity index (χ0v) is 11.8. The number of aromatic nitrogens is 3. The van der Waals surface area contributed by atoms with Crippen LogP contribution in [0.5, 0.6) is 0 Å². The normalized spacial score (nSPS) is 14.0. The molecule has 0 amide bonds. The summed E-state index contributed by atoms with van der Waals surface area (Å²) < 4.78 is 87.2. The van der Waals surface area contributed by atoms with Crippen LogP contribution in [-0.2, 0) is 17.0 Å². The van der Waals surface area contributed by atoms with Gasteiger partial charge in [0.05, 0.1) is 21.4 Å². The number of hydrogen-bond donors (Lipinski definition) is 1. The Bertz CT molecular complexity index is 739. The van der Waals surface area contributed by atoms with Crippen molar-refractivity contribution in [3.63, 3.8) is 0 Å². The number of halogens is 6. The van der Waals surface area contributed by atoms with Crippen LogP contribution < -0.4 is 5.73 Å². The SMILES string of the molecule is Nc1nc(C(F)(F)F)nn1-c1ccccc1S(=O)CC(F)(F)F. The molecule has 0 spiro atoms. The smallest absolute Gasteiger partial charge is 0.368 e. The maximum atomic E-state index is 12.6. The van der Waals surface area contributed by atoms with Gasteiger partial charge in [-0.2, -0.15) is 36.0 Å². The topological polar surface area (TPSA) is 73.8 Å². The van der Waals surface area contributed by atoms with Crippen molar-refractivity contribution in [3.8, 4) is 5.69 Å². The number of nitrogens with zero attached hydrogens (tertiary/aromatic N) is 3. The first kappa shape index (κ1) is 17.2. The van der Waals surface area contributed by atoms with Gasteiger partial charge in [0.15, 0.2) is 0 Å². The Labute approximate surface area is 127 Å². The molecule has 1 aromatic carbocycles. The predicted molar refractivity (Wildman–Crippen MR) is 68.1 cm³/mol. The van der Waals surface area contributed by atoms with E-state index < -0.39 is 40.7 Å². The maximum absolute atomic E-state index is 12.6. The predicted octanol–water partition coefficient (Wildman–Crippen LogP) is 2.54. The molecule has 126 valence electrons. The van der Waals surface area contributed by atoms with Gasteiger partial charge in [-0.1, -0.05) is 12.1 Å². The molecule has 23 heavy (non-hydrogen) atoms. The first-order valence-corrected chi connectivity index (χ1v) is 7.15. The van der Waals surface area contributed by atoms with E-state index in [-0.39, 0.29) is 10.6 Å². The van der Waals surface area contributed by atoms with E-state index in [0.717, 1.165) is 12.1 Å². The Balaban J connectivity index is 2.50. The molecule has 1 unspecified atom stereocenters. The molecule has 0 aliphatic carbocycles. The third-order valence-electron chi connectivity index (χ3n) is 2.52. The van der Waals surface area contributed by atoms with Gasteiger partial charge < -0.3 is 5.73 Å². The van der Waals surface area contributed by atoms with Gasteiger partial charge in [0.2, 0.25) is 5.95 Å². The van der Waals surface area contributed by atoms with Gasteiger partial charge in [-0.3, -0.25) is 4.21 Å². The van der Waals surface area contributed by atoms with E-state index in [1.54, 1.807) is 0 Å². The largest absolute Gasteiger partial charge is 0.453 e. The van der Waals surface area contributed by atoms with Gasteiger partial charge in [-0.15, -0.1) is 5.10 Å². The van der Waals surface area contributed by atoms with Crippen LogP contribution in [0.15, 0.2) is 29.2 Å². The van der Waals surface area contributed by atoms with Crippen molar-refractivity contribution in [3.05, 3.63) is 30.1 Å². The van der Waals surface area contributed by atoms with E-state index in [0.29, 0.717) is 4.68 Å². The number of nitrogens with two attached hydrogens (primary N) is 1. The van der Waals surface area contributed by atoms with Gasteiger partial charge in [-0.05, 0) is 12.1 Å². The number of rotatable bonds is 3. The van der Waals surface area contributed by atoms with E-state index in [1.165, 1.54) is 12.1 Å². The van der Waals surface area contributed by atoms with Gasteiger partial charge in [-0.25, -0.2) is 0 Å². The molecule has 0 aliphatic rings. The monoisotopic (exact) mass is 358 g/mol. The minimum Gasteiger partial charge on any atom is -0.368 e.